The van der Waals surface area contributed by atoms with E-state index in [0.29, 0.717) is 12.1 Å². The van der Waals surface area contributed by atoms with Crippen LogP contribution in [-0.2, 0) is 12.6 Å². The van der Waals surface area contributed by atoms with Crippen molar-refractivity contribution in [2.45, 2.75) is 18.6 Å². The Bertz CT molecular complexity index is 1270. The molecule has 0 bridgehead atoms. The van der Waals surface area contributed by atoms with Crippen molar-refractivity contribution in [2.24, 2.45) is 0 Å². The number of hydrogen-bond acceptors (Lipinski definition) is 5. The highest BCUT2D eigenvalue weighted by Crippen LogP contribution is 2.39. The second-order valence-corrected chi connectivity index (χ2v) is 6.87. The topological polar surface area (TPSA) is 88.2 Å². The van der Waals surface area contributed by atoms with E-state index in [-0.39, 0.29) is 35.4 Å². The summed E-state index contributed by atoms with van der Waals surface area (Å²) in [5.41, 5.74) is -0.942. The maximum atomic E-state index is 14.2. The van der Waals surface area contributed by atoms with Crippen LogP contribution in [0.1, 0.15) is 39.4 Å². The molecule has 7 nitrogen and oxygen atoms in total. The van der Waals surface area contributed by atoms with Gasteiger partial charge in [0.1, 0.15) is 17.6 Å². The van der Waals surface area contributed by atoms with Crippen LogP contribution in [0.5, 0.6) is 0 Å². The van der Waals surface area contributed by atoms with Crippen LogP contribution in [-0.4, -0.2) is 32.3 Å². The van der Waals surface area contributed by atoms with Gasteiger partial charge in [-0.15, -0.1) is 0 Å². The molecule has 0 saturated carbocycles. The summed E-state index contributed by atoms with van der Waals surface area (Å²) in [7, 11) is 0. The zero-order chi connectivity index (χ0) is 21.9. The summed E-state index contributed by atoms with van der Waals surface area (Å²) in [5.74, 6) is -3.74. The van der Waals surface area contributed by atoms with Gasteiger partial charge in [-0.2, -0.15) is 13.2 Å². The molecule has 0 radical (unpaired) electrons. The monoisotopic (exact) mass is 438 g/mol. The van der Waals surface area contributed by atoms with Crippen LogP contribution in [0.25, 0.3) is 11.0 Å². The van der Waals surface area contributed by atoms with Crippen molar-refractivity contribution in [3.05, 3.63) is 71.2 Å². The number of aromatic nitrogens is 3. The van der Waals surface area contributed by atoms with Gasteiger partial charge in [0.05, 0.1) is 17.4 Å². The lowest BCUT2D eigenvalue weighted by atomic mass is 9.99. The van der Waals surface area contributed by atoms with E-state index in [4.69, 9.17) is 8.83 Å². The van der Waals surface area contributed by atoms with Crippen molar-refractivity contribution in [2.75, 3.05) is 6.54 Å². The molecular formula is C19H11F5N4O3. The molecule has 3 aromatic heterocycles. The molecule has 4 heterocycles. The first-order valence-corrected chi connectivity index (χ1v) is 8.97. The third-order valence-electron chi connectivity index (χ3n) is 5.09. The predicted octanol–water partition coefficient (Wildman–Crippen LogP) is 4.23. The van der Waals surface area contributed by atoms with Gasteiger partial charge in [0.15, 0.2) is 23.5 Å². The highest BCUT2D eigenvalue weighted by molar-refractivity contribution is 5.93. The van der Waals surface area contributed by atoms with Gasteiger partial charge in [0.25, 0.3) is 5.91 Å². The fraction of sp³-hybridized carbons (Fsp3) is 0.211. The summed E-state index contributed by atoms with van der Waals surface area (Å²) in [4.78, 5) is 24.3. The zero-order valence-corrected chi connectivity index (χ0v) is 15.3. The Kier molecular flexibility index (Phi) is 4.14. The summed E-state index contributed by atoms with van der Waals surface area (Å²) in [5, 5.41) is -0.166. The maximum absolute atomic E-state index is 14.2. The number of oxazole rings is 1. The van der Waals surface area contributed by atoms with Gasteiger partial charge in [-0.1, -0.05) is 0 Å². The number of rotatable bonds is 2. The van der Waals surface area contributed by atoms with Crippen molar-refractivity contribution < 1.29 is 35.6 Å². The molecule has 1 aliphatic heterocycles. The van der Waals surface area contributed by atoms with Gasteiger partial charge in [-0.25, -0.2) is 18.7 Å². The molecule has 1 aromatic carbocycles. The van der Waals surface area contributed by atoms with Crippen LogP contribution in [0.3, 0.4) is 0 Å². The van der Waals surface area contributed by atoms with Crippen LogP contribution in [0.4, 0.5) is 22.0 Å². The third-order valence-corrected chi connectivity index (χ3v) is 5.09. The first-order valence-electron chi connectivity index (χ1n) is 8.97. The van der Waals surface area contributed by atoms with Gasteiger partial charge in [0, 0.05) is 18.7 Å². The smallest absolute Gasteiger partial charge is 0.437 e. The molecule has 160 valence electrons. The Hall–Kier alpha value is -3.70. The van der Waals surface area contributed by atoms with E-state index in [1.165, 1.54) is 12.4 Å². The van der Waals surface area contributed by atoms with Crippen LogP contribution in [0, 0.1) is 11.6 Å². The maximum Gasteiger partial charge on any atom is 0.437 e. The van der Waals surface area contributed by atoms with Crippen LogP contribution >= 0.6 is 0 Å². The number of carbonyl (C=O) groups is 1. The molecule has 1 aliphatic rings. The Labute approximate surface area is 169 Å². The molecular weight excluding hydrogens is 427 g/mol. The molecule has 0 aliphatic carbocycles. The van der Waals surface area contributed by atoms with Gasteiger partial charge in [0.2, 0.25) is 5.76 Å². The van der Waals surface area contributed by atoms with Crippen molar-refractivity contribution in [1.82, 2.24) is 19.9 Å². The molecule has 12 heteroatoms. The van der Waals surface area contributed by atoms with Crippen molar-refractivity contribution >= 4 is 16.9 Å². The first kappa shape index (κ1) is 19.3. The van der Waals surface area contributed by atoms with Crippen LogP contribution in [0.15, 0.2) is 39.8 Å². The van der Waals surface area contributed by atoms with E-state index < -0.39 is 41.2 Å². The predicted molar refractivity (Wildman–Crippen MR) is 92.8 cm³/mol. The molecule has 0 spiro atoms. The Morgan fingerprint density at radius 3 is 2.71 bits per heavy atom. The lowest BCUT2D eigenvalue weighted by Gasteiger charge is -2.33. The number of halogens is 5. The van der Waals surface area contributed by atoms with E-state index in [1.54, 1.807) is 0 Å². The van der Waals surface area contributed by atoms with Gasteiger partial charge >= 0.3 is 6.18 Å². The average molecular weight is 438 g/mol. The molecule has 0 fully saturated rings. The molecule has 31 heavy (non-hydrogen) atoms. The number of alkyl halides is 3. The molecule has 1 N–H and O–H groups in total. The minimum atomic E-state index is -4.91. The lowest BCUT2D eigenvalue weighted by molar-refractivity contribution is -0.141. The molecule has 5 rings (SSSR count). The largest absolute Gasteiger partial charge is 0.455 e. The molecule has 0 saturated heterocycles. The number of amides is 1. The summed E-state index contributed by atoms with van der Waals surface area (Å²) in [6, 6.07) is 1.87. The third kappa shape index (κ3) is 2.97. The molecule has 4 aromatic rings. The molecule has 1 amide bonds. The second-order valence-electron chi connectivity index (χ2n) is 6.87. The van der Waals surface area contributed by atoms with Crippen molar-refractivity contribution in [3.8, 4) is 0 Å². The van der Waals surface area contributed by atoms with E-state index in [1.807, 2.05) is 0 Å². The SMILES string of the molecule is O=C(c1ocnc1C(F)(F)F)N1CCc2[nH]cnc2[C@H]1c1cc2c(F)ccc(F)c2o1. The minimum absolute atomic E-state index is 0.0291. The average Bonchev–Trinajstić information content (AvgIpc) is 3.47. The lowest BCUT2D eigenvalue weighted by Crippen LogP contribution is -2.41. The van der Waals surface area contributed by atoms with Gasteiger partial charge in [-0.05, 0) is 18.2 Å². The highest BCUT2D eigenvalue weighted by atomic mass is 19.4. The second kappa shape index (κ2) is 6.65. The van der Waals surface area contributed by atoms with E-state index >= 15 is 0 Å². The summed E-state index contributed by atoms with van der Waals surface area (Å²) >= 11 is 0. The highest BCUT2D eigenvalue weighted by Gasteiger charge is 2.44. The number of nitrogens with one attached hydrogen (secondary N) is 1. The van der Waals surface area contributed by atoms with E-state index in [9.17, 15) is 26.7 Å². The summed E-state index contributed by atoms with van der Waals surface area (Å²) < 4.78 is 78.3. The van der Waals surface area contributed by atoms with Crippen molar-refractivity contribution in [1.29, 1.82) is 0 Å². The number of carbonyl (C=O) groups excluding carboxylic acids is 1. The Morgan fingerprint density at radius 2 is 1.97 bits per heavy atom. The molecule has 0 unspecified atom stereocenters. The molecule has 1 atom stereocenters. The number of aromatic amines is 1. The number of H-pyrrole nitrogens is 1. The van der Waals surface area contributed by atoms with Gasteiger partial charge in [-0.3, -0.25) is 4.79 Å². The first-order chi connectivity index (χ1) is 14.8. The minimum Gasteiger partial charge on any atom is -0.455 e. The zero-order valence-electron chi connectivity index (χ0n) is 15.3. The van der Waals surface area contributed by atoms with E-state index in [0.717, 1.165) is 17.0 Å². The number of benzene rings is 1. The number of imidazole rings is 1. The summed E-state index contributed by atoms with van der Waals surface area (Å²) in [6.07, 6.45) is -2.77. The fourth-order valence-electron chi connectivity index (χ4n) is 3.73. The van der Waals surface area contributed by atoms with Gasteiger partial charge < -0.3 is 18.7 Å². The Morgan fingerprint density at radius 1 is 1.19 bits per heavy atom. The standard InChI is InChI=1S/C19H11F5N4O3/c20-9-1-2-10(21)15-8(9)5-12(31-15)14-13-11(25-6-26-13)3-4-28(14)18(29)16-17(19(22,23)24)27-7-30-16/h1-2,5-7,14H,3-4H2,(H,25,26)/t14-/m1/s1. The fourth-order valence-corrected chi connectivity index (χ4v) is 3.73. The normalized spacial score (nSPS) is 16.7. The van der Waals surface area contributed by atoms with E-state index in [2.05, 4.69) is 15.0 Å². The number of fused-ring (bicyclic) bond motifs is 2. The number of hydrogen-bond donors (Lipinski definition) is 1. The Balaban J connectivity index is 1.65. The quantitative estimate of drug-likeness (QED) is 0.474. The summed E-state index contributed by atoms with van der Waals surface area (Å²) in [6.45, 7) is -0.0291. The van der Waals surface area contributed by atoms with Crippen LogP contribution in [0.2, 0.25) is 0 Å². The van der Waals surface area contributed by atoms with Crippen LogP contribution < -0.4 is 0 Å². The van der Waals surface area contributed by atoms with Crippen molar-refractivity contribution in [3.63, 3.8) is 0 Å². The number of furan rings is 1. The number of nitrogens with zero attached hydrogens (tertiary/aromatic N) is 3.